The van der Waals surface area contributed by atoms with Gasteiger partial charge in [0.25, 0.3) is 11.4 Å². The summed E-state index contributed by atoms with van der Waals surface area (Å²) in [5, 5.41) is 46.3. The molecule has 640 valence electrons. The number of nitrogens with two attached hydrogens (primary N) is 1. The normalized spacial score (nSPS) is 21.3. The van der Waals surface area contributed by atoms with Crippen molar-refractivity contribution in [1.29, 1.82) is 0 Å². The van der Waals surface area contributed by atoms with Gasteiger partial charge in [0.05, 0.1) is 101 Å². The SMILES string of the molecule is CC(C)(C)[Si](C)(C)OC[C@H]1O[C@@H](n2cc(CCl)c3c(Cl)ncnc32)C[C@H]1O[Si](C)(C)C(C)(C)C.CC(C)[C@H](OCc1cn([C@H]2C[C@@H](O)[C@@H](CO)O2)c2ncnc(N)c12)c1ccc(I)cc1[N+](=O)[O-].CC(C)[C@H](OCc1cn([C@H]2C[C@@H](O[Si](C)(C)C(C)(C)C)[C@@H](CO[Si](C)(C)C(C)(C)C)O2)c2ncnc(Cl)c12)c1ccc(I)cc1[N+](=O)[O-]. The lowest BCUT2D eigenvalue weighted by Gasteiger charge is -2.40. The van der Waals surface area contributed by atoms with Crippen LogP contribution in [0.3, 0.4) is 0 Å². The van der Waals surface area contributed by atoms with Gasteiger partial charge in [-0.3, -0.25) is 20.2 Å². The second-order valence-corrected chi connectivity index (χ2v) is 59.8. The summed E-state index contributed by atoms with van der Waals surface area (Å²) in [6.45, 7) is 53.9. The molecule has 6 aromatic heterocycles. The van der Waals surface area contributed by atoms with E-state index in [1.54, 1.807) is 29.0 Å². The van der Waals surface area contributed by atoms with Crippen LogP contribution in [-0.4, -0.2) is 153 Å². The highest BCUT2D eigenvalue weighted by Gasteiger charge is 2.50. The number of aromatic nitrogens is 9. The van der Waals surface area contributed by atoms with E-state index in [1.807, 2.05) is 83.9 Å². The lowest BCUT2D eigenvalue weighted by molar-refractivity contribution is -0.386. The molecule has 0 saturated carbocycles. The Morgan fingerprint density at radius 2 is 0.888 bits per heavy atom. The second kappa shape index (κ2) is 37.8. The van der Waals surface area contributed by atoms with Crippen molar-refractivity contribution in [3.8, 4) is 0 Å². The standard InChI is InChI=1S/C34H52ClIN4O6Si2.C24H41Cl2N3O3Si2.C22H26IN5O6/c1-21(2)30(24-14-13-23(36)15-25(24)40(41)42)43-18-22-17-39(32-29(22)31(35)37-20-38-32)28-16-26(46-48(11,12)34(6,7)8)27(45-28)19-44-47(9,10)33(3,4)5;1-23(2,3)33(7,8)30-14-18-17(32-34(9,10)24(4,5)6)11-19(31-18)29-13-16(12-25)20-21(26)27-15-28-22(20)29;1-11(2)20(14-4-3-13(23)5-15(14)28(31)32)33-9-12-7-27(18-6-16(30)17(8-29)34-18)22-19(12)21(24)25-10-26-22/h13-15,17,20-21,26-28,30H,16,18-19H2,1-12H3;13,15,17-19H,11-12,14H2,1-10H3;3-5,7,10-11,16-18,20,29-30H,6,8-9H2,1-2H3,(H2,24,25,26)/t26-,27-,28-,30+;17-,18-,19-;16-,17-,18-,20+/m111/s1. The fourth-order valence-corrected chi connectivity index (χ4v) is 19.7. The molecular formula is C80H119Cl3I2N12O15Si4. The maximum Gasteiger partial charge on any atom is 0.276 e. The van der Waals surface area contributed by atoms with E-state index in [1.165, 1.54) is 25.0 Å². The van der Waals surface area contributed by atoms with Crippen molar-refractivity contribution in [1.82, 2.24) is 43.6 Å². The van der Waals surface area contributed by atoms with Gasteiger partial charge in [-0.15, -0.1) is 11.6 Å². The first-order valence-electron chi connectivity index (χ1n) is 39.4. The van der Waals surface area contributed by atoms with Gasteiger partial charge in [0.1, 0.15) is 89.0 Å². The van der Waals surface area contributed by atoms with E-state index >= 15 is 0 Å². The molecule has 3 aliphatic heterocycles. The molecule has 8 aromatic rings. The molecule has 27 nitrogen and oxygen atoms in total. The molecule has 4 N–H and O–H groups in total. The molecule has 0 spiro atoms. The van der Waals surface area contributed by atoms with E-state index in [4.69, 9.17) is 81.9 Å². The number of nitro benzene ring substituents is 2. The van der Waals surface area contributed by atoms with Gasteiger partial charge in [-0.25, -0.2) is 29.9 Å². The molecule has 3 aliphatic rings. The lowest BCUT2D eigenvalue weighted by atomic mass is 9.97. The Hall–Kier alpha value is -4.34. The third kappa shape index (κ3) is 21.8. The molecular weight excluding hydrogens is 1840 g/mol. The molecule has 0 bridgehead atoms. The molecule has 0 unspecified atom stereocenters. The van der Waals surface area contributed by atoms with Crippen molar-refractivity contribution in [3.63, 3.8) is 0 Å². The molecule has 0 aliphatic carbocycles. The minimum absolute atomic E-state index is 0.0132. The second-order valence-electron chi connectivity index (χ2n) is 37.2. The van der Waals surface area contributed by atoms with E-state index < -0.39 is 68.8 Å². The molecule has 3 saturated heterocycles. The minimum atomic E-state index is -2.14. The maximum absolute atomic E-state index is 12.0. The van der Waals surface area contributed by atoms with E-state index in [2.05, 4.69) is 188 Å². The number of aliphatic hydroxyl groups excluding tert-OH is 2. The number of fused-ring (bicyclic) bond motifs is 3. The van der Waals surface area contributed by atoms with Crippen molar-refractivity contribution in [2.45, 2.75) is 289 Å². The summed E-state index contributed by atoms with van der Waals surface area (Å²) in [6, 6.07) is 10.3. The van der Waals surface area contributed by atoms with Gasteiger partial charge >= 0.3 is 0 Å². The van der Waals surface area contributed by atoms with E-state index in [-0.39, 0.29) is 117 Å². The predicted octanol–water partition coefficient (Wildman–Crippen LogP) is 20.8. The third-order valence-corrected chi connectivity index (χ3v) is 44.4. The quantitative estimate of drug-likeness (QED) is 0.0107. The lowest BCUT2D eigenvalue weighted by Crippen LogP contribution is -2.48. The first kappa shape index (κ1) is 95.5. The van der Waals surface area contributed by atoms with Crippen molar-refractivity contribution in [3.05, 3.63) is 139 Å². The van der Waals surface area contributed by atoms with E-state index in [0.717, 1.165) is 29.3 Å². The number of nitrogens with zero attached hydrogens (tertiary/aromatic N) is 11. The Labute approximate surface area is 728 Å². The molecule has 9 heterocycles. The molecule has 11 rings (SSSR count). The molecule has 3 fully saturated rings. The highest BCUT2D eigenvalue weighted by Crippen LogP contribution is 2.48. The first-order valence-corrected chi connectivity index (χ1v) is 54.5. The predicted molar refractivity (Wildman–Crippen MR) is 482 cm³/mol. The van der Waals surface area contributed by atoms with Crippen LogP contribution in [-0.2, 0) is 60.5 Å². The number of hydrogen-bond acceptors (Lipinski definition) is 22. The van der Waals surface area contributed by atoms with Gasteiger partial charge in [0, 0.05) is 74.1 Å². The fourth-order valence-electron chi connectivity index (χ4n) is 13.3. The number of anilines is 1. The van der Waals surface area contributed by atoms with Gasteiger partial charge in [-0.2, -0.15) is 0 Å². The average Bonchev–Trinajstić information content (AvgIpc) is 1.62. The molecule has 11 atom stereocenters. The van der Waals surface area contributed by atoms with Crippen LogP contribution < -0.4 is 5.73 Å². The third-order valence-electron chi connectivity index (χ3n) is 24.2. The molecule has 2 aromatic carbocycles. The van der Waals surface area contributed by atoms with Crippen molar-refractivity contribution >= 4 is 164 Å². The van der Waals surface area contributed by atoms with Crippen LogP contribution in [0.25, 0.3) is 33.1 Å². The Morgan fingerprint density at radius 3 is 1.24 bits per heavy atom. The molecule has 36 heteroatoms. The Morgan fingerprint density at radius 1 is 0.543 bits per heavy atom. The van der Waals surface area contributed by atoms with Crippen LogP contribution >= 0.6 is 80.0 Å². The number of nitrogen functional groups attached to an aromatic ring is 1. The van der Waals surface area contributed by atoms with Crippen molar-refractivity contribution < 1.29 is 61.4 Å². The highest BCUT2D eigenvalue weighted by molar-refractivity contribution is 14.1. The maximum atomic E-state index is 12.0. The zero-order valence-electron chi connectivity index (χ0n) is 71.4. The van der Waals surface area contributed by atoms with Gasteiger partial charge in [-0.1, -0.05) is 134 Å². The number of hydrogen-bond donors (Lipinski definition) is 3. The number of aliphatic hydroxyl groups is 2. The van der Waals surface area contributed by atoms with Crippen LogP contribution in [0, 0.1) is 39.2 Å². The van der Waals surface area contributed by atoms with Crippen LogP contribution in [0.15, 0.2) is 74.0 Å². The summed E-state index contributed by atoms with van der Waals surface area (Å²) in [7, 11) is -8.15. The summed E-state index contributed by atoms with van der Waals surface area (Å²) < 4.78 is 66.5. The number of benzene rings is 2. The highest BCUT2D eigenvalue weighted by atomic mass is 127. The molecule has 0 radical (unpaired) electrons. The van der Waals surface area contributed by atoms with Gasteiger partial charge in [0.15, 0.2) is 33.3 Å². The molecule has 116 heavy (non-hydrogen) atoms. The summed E-state index contributed by atoms with van der Waals surface area (Å²) in [4.78, 5) is 48.9. The number of ether oxygens (including phenoxy) is 5. The zero-order valence-corrected chi connectivity index (χ0v) is 82.0. The number of rotatable bonds is 27. The van der Waals surface area contributed by atoms with Crippen LogP contribution in [0.1, 0.15) is 189 Å². The summed E-state index contributed by atoms with van der Waals surface area (Å²) in [6.07, 6.45) is 7.25. The first-order chi connectivity index (χ1) is 53.7. The van der Waals surface area contributed by atoms with Crippen molar-refractivity contribution in [2.75, 3.05) is 25.6 Å². The van der Waals surface area contributed by atoms with Crippen molar-refractivity contribution in [2.24, 2.45) is 11.8 Å². The smallest absolute Gasteiger partial charge is 0.276 e. The van der Waals surface area contributed by atoms with Crippen LogP contribution in [0.5, 0.6) is 0 Å². The van der Waals surface area contributed by atoms with E-state index in [0.29, 0.717) is 81.0 Å². The van der Waals surface area contributed by atoms with Gasteiger partial charge in [-0.05, 0) is 159 Å². The fraction of sp³-hybridized carbons (Fsp3) is 0.625. The topological polar surface area (TPSA) is 328 Å². The number of alkyl halides is 1. The van der Waals surface area contributed by atoms with Crippen LogP contribution in [0.4, 0.5) is 17.2 Å². The Bertz CT molecular complexity index is 4760. The largest absolute Gasteiger partial charge is 0.414 e. The average molecular weight is 1960 g/mol. The summed E-state index contributed by atoms with van der Waals surface area (Å²) in [5.74, 6) is 0.516. The van der Waals surface area contributed by atoms with E-state index in [9.17, 15) is 30.4 Å². The number of halogens is 5. The van der Waals surface area contributed by atoms with Gasteiger partial charge in [0.2, 0.25) is 0 Å². The number of nitro groups is 2. The summed E-state index contributed by atoms with van der Waals surface area (Å²) >= 11 is 23.5. The zero-order chi connectivity index (χ0) is 86.2. The van der Waals surface area contributed by atoms with Gasteiger partial charge < -0.3 is 71.0 Å². The monoisotopic (exact) mass is 1960 g/mol. The Balaban J connectivity index is 0.000000203. The molecule has 0 amide bonds. The minimum Gasteiger partial charge on any atom is -0.414 e. The Kier molecular flexibility index (Phi) is 31.1. The van der Waals surface area contributed by atoms with Crippen LogP contribution in [0.2, 0.25) is 82.8 Å². The summed E-state index contributed by atoms with van der Waals surface area (Å²) in [5.41, 5.74) is 11.5.